The zero-order valence-corrected chi connectivity index (χ0v) is 24.6. The minimum atomic E-state index is -1.87. The first-order chi connectivity index (χ1) is 16.7. The number of aliphatic hydroxyl groups is 1. The normalized spacial score (nSPS) is 13.4. The maximum absolute atomic E-state index is 13.1. The third-order valence-corrected chi connectivity index (χ3v) is 12.4. The SMILES string of the molecule is CCOC(=O)c1[nH]c2c(-c3c(CO)nn(C)c3C)c(C)ccc2c1[C@H](C)CCO[Si](C)(C)C(C)(C)C. The molecule has 1 atom stereocenters. The Kier molecular flexibility index (Phi) is 8.22. The van der Waals surface area contributed by atoms with Gasteiger partial charge in [-0.1, -0.05) is 39.8 Å². The van der Waals surface area contributed by atoms with E-state index in [0.717, 1.165) is 45.3 Å². The van der Waals surface area contributed by atoms with Gasteiger partial charge in [-0.15, -0.1) is 0 Å². The first-order valence-corrected chi connectivity index (χ1v) is 15.8. The van der Waals surface area contributed by atoms with Crippen molar-refractivity contribution in [3.05, 3.63) is 40.3 Å². The van der Waals surface area contributed by atoms with Gasteiger partial charge in [-0.3, -0.25) is 4.68 Å². The largest absolute Gasteiger partial charge is 0.461 e. The lowest BCUT2D eigenvalue weighted by Gasteiger charge is -2.36. The molecule has 2 heterocycles. The molecule has 8 heteroatoms. The smallest absolute Gasteiger partial charge is 0.355 e. The second-order valence-corrected chi connectivity index (χ2v) is 16.1. The van der Waals surface area contributed by atoms with Crippen molar-refractivity contribution in [2.24, 2.45) is 7.05 Å². The molecule has 3 aromatic rings. The van der Waals surface area contributed by atoms with Crippen molar-refractivity contribution in [3.8, 4) is 11.1 Å². The molecule has 7 nitrogen and oxygen atoms in total. The van der Waals surface area contributed by atoms with E-state index in [1.54, 1.807) is 4.68 Å². The molecule has 0 amide bonds. The summed E-state index contributed by atoms with van der Waals surface area (Å²) in [5.74, 6) is -0.277. The zero-order valence-electron chi connectivity index (χ0n) is 23.6. The quantitative estimate of drug-likeness (QED) is 0.256. The molecule has 0 saturated heterocycles. The van der Waals surface area contributed by atoms with E-state index in [2.05, 4.69) is 63.0 Å². The number of rotatable bonds is 9. The predicted molar refractivity (Wildman–Crippen MR) is 148 cm³/mol. The van der Waals surface area contributed by atoms with E-state index in [4.69, 9.17) is 9.16 Å². The van der Waals surface area contributed by atoms with E-state index in [9.17, 15) is 9.90 Å². The van der Waals surface area contributed by atoms with Crippen molar-refractivity contribution in [3.63, 3.8) is 0 Å². The summed E-state index contributed by atoms with van der Waals surface area (Å²) in [6, 6.07) is 4.16. The van der Waals surface area contributed by atoms with Gasteiger partial charge in [0.15, 0.2) is 8.32 Å². The number of carbonyl (C=O) groups excluding carboxylic acids is 1. The summed E-state index contributed by atoms with van der Waals surface area (Å²) in [4.78, 5) is 16.5. The van der Waals surface area contributed by atoms with E-state index in [-0.39, 0.29) is 23.5 Å². The summed E-state index contributed by atoms with van der Waals surface area (Å²) in [6.45, 7) is 20.0. The van der Waals surface area contributed by atoms with E-state index < -0.39 is 8.32 Å². The van der Waals surface area contributed by atoms with Crippen LogP contribution in [0, 0.1) is 13.8 Å². The van der Waals surface area contributed by atoms with Crippen LogP contribution in [0.3, 0.4) is 0 Å². The number of benzene rings is 1. The van der Waals surface area contributed by atoms with Crippen molar-refractivity contribution >= 4 is 25.2 Å². The summed E-state index contributed by atoms with van der Waals surface area (Å²) in [7, 11) is 0.0113. The summed E-state index contributed by atoms with van der Waals surface area (Å²) in [5, 5.41) is 15.7. The molecule has 0 spiro atoms. The van der Waals surface area contributed by atoms with Crippen molar-refractivity contribution < 1.29 is 19.1 Å². The van der Waals surface area contributed by atoms with Gasteiger partial charge in [-0.25, -0.2) is 4.79 Å². The standard InChI is InChI=1S/C28H43N3O4Si/c1-11-34-27(33)26-22(18(3)14-15-35-36(9,10)28(5,6)7)20-13-12-17(2)23(25(20)29-26)24-19(4)31(8)30-21(24)16-32/h12-13,18,29,32H,11,14-16H2,1-10H3/t18-/m1/s1. The number of ether oxygens (including phenoxy) is 1. The molecule has 1 aromatic carbocycles. The molecule has 2 aromatic heterocycles. The molecular formula is C28H43N3O4Si. The summed E-state index contributed by atoms with van der Waals surface area (Å²) < 4.78 is 13.7. The Balaban J connectivity index is 2.14. The Labute approximate surface area is 216 Å². The maximum atomic E-state index is 13.1. The van der Waals surface area contributed by atoms with Crippen LogP contribution in [0.15, 0.2) is 12.1 Å². The van der Waals surface area contributed by atoms with Crippen LogP contribution in [0.1, 0.15) is 80.0 Å². The molecule has 198 valence electrons. The average Bonchev–Trinajstić information content (AvgIpc) is 3.31. The van der Waals surface area contributed by atoms with Crippen LogP contribution < -0.4 is 0 Å². The van der Waals surface area contributed by atoms with E-state index in [1.807, 2.05) is 27.8 Å². The minimum Gasteiger partial charge on any atom is -0.461 e. The molecule has 0 unspecified atom stereocenters. The fourth-order valence-corrected chi connectivity index (χ4v) is 5.61. The second-order valence-electron chi connectivity index (χ2n) is 11.3. The Bertz CT molecular complexity index is 1250. The van der Waals surface area contributed by atoms with Gasteiger partial charge in [-0.2, -0.15) is 5.10 Å². The fourth-order valence-electron chi connectivity index (χ4n) is 4.55. The lowest BCUT2D eigenvalue weighted by molar-refractivity contribution is 0.0518. The number of hydrogen-bond acceptors (Lipinski definition) is 5. The Morgan fingerprint density at radius 3 is 2.47 bits per heavy atom. The Hall–Kier alpha value is -2.42. The lowest BCUT2D eigenvalue weighted by atomic mass is 9.91. The molecule has 0 aliphatic carbocycles. The highest BCUT2D eigenvalue weighted by Crippen LogP contribution is 2.41. The first kappa shape index (κ1) is 28.2. The number of carbonyl (C=O) groups is 1. The highest BCUT2D eigenvalue weighted by atomic mass is 28.4. The van der Waals surface area contributed by atoms with Gasteiger partial charge in [0.2, 0.25) is 0 Å². The highest BCUT2D eigenvalue weighted by Gasteiger charge is 2.37. The van der Waals surface area contributed by atoms with Gasteiger partial charge in [0.05, 0.1) is 24.4 Å². The number of aromatic nitrogens is 3. The number of hydrogen-bond donors (Lipinski definition) is 2. The van der Waals surface area contributed by atoms with Crippen LogP contribution in [-0.4, -0.2) is 47.4 Å². The second kappa shape index (κ2) is 10.5. The molecule has 3 rings (SSSR count). The molecule has 0 aliphatic rings. The molecule has 0 fully saturated rings. The molecule has 2 N–H and O–H groups in total. The Morgan fingerprint density at radius 1 is 1.22 bits per heavy atom. The number of nitrogens with zero attached hydrogens (tertiary/aromatic N) is 2. The number of esters is 1. The van der Waals surface area contributed by atoms with Gasteiger partial charge in [0, 0.05) is 35.9 Å². The summed E-state index contributed by atoms with van der Waals surface area (Å²) >= 11 is 0. The van der Waals surface area contributed by atoms with Crippen LogP contribution in [0.2, 0.25) is 18.1 Å². The average molecular weight is 514 g/mol. The molecule has 36 heavy (non-hydrogen) atoms. The third-order valence-electron chi connectivity index (χ3n) is 7.82. The lowest BCUT2D eigenvalue weighted by Crippen LogP contribution is -2.41. The molecule has 0 bridgehead atoms. The van der Waals surface area contributed by atoms with Crippen molar-refractivity contribution in [1.29, 1.82) is 0 Å². The van der Waals surface area contributed by atoms with Crippen molar-refractivity contribution in [2.45, 2.75) is 85.5 Å². The van der Waals surface area contributed by atoms with E-state index >= 15 is 0 Å². The van der Waals surface area contributed by atoms with Gasteiger partial charge in [0.1, 0.15) is 5.69 Å². The van der Waals surface area contributed by atoms with Crippen LogP contribution in [0.5, 0.6) is 0 Å². The zero-order chi connectivity index (χ0) is 27.0. The van der Waals surface area contributed by atoms with Crippen molar-refractivity contribution in [1.82, 2.24) is 14.8 Å². The number of aryl methyl sites for hydroxylation is 2. The fraction of sp³-hybridized carbons (Fsp3) is 0.571. The monoisotopic (exact) mass is 513 g/mol. The van der Waals surface area contributed by atoms with Gasteiger partial charge in [-0.05, 0) is 62.4 Å². The Morgan fingerprint density at radius 2 is 1.89 bits per heavy atom. The number of aromatic amines is 1. The first-order valence-electron chi connectivity index (χ1n) is 12.8. The molecule has 0 aliphatic heterocycles. The maximum Gasteiger partial charge on any atom is 0.355 e. The number of aliphatic hydroxyl groups excluding tert-OH is 1. The molecule has 0 radical (unpaired) electrons. The number of H-pyrrole nitrogens is 1. The van der Waals surface area contributed by atoms with Crippen LogP contribution in [-0.2, 0) is 22.8 Å². The van der Waals surface area contributed by atoms with Crippen LogP contribution in [0.4, 0.5) is 0 Å². The summed E-state index contributed by atoms with van der Waals surface area (Å²) in [6.07, 6.45) is 0.795. The van der Waals surface area contributed by atoms with Gasteiger partial charge in [0.25, 0.3) is 0 Å². The summed E-state index contributed by atoms with van der Waals surface area (Å²) in [5.41, 5.74) is 6.81. The molecular weight excluding hydrogens is 470 g/mol. The topological polar surface area (TPSA) is 89.4 Å². The number of fused-ring (bicyclic) bond motifs is 1. The third kappa shape index (κ3) is 5.17. The van der Waals surface area contributed by atoms with Gasteiger partial charge < -0.3 is 19.3 Å². The van der Waals surface area contributed by atoms with Crippen molar-refractivity contribution in [2.75, 3.05) is 13.2 Å². The number of nitrogens with one attached hydrogen (secondary N) is 1. The molecule has 0 saturated carbocycles. The highest BCUT2D eigenvalue weighted by molar-refractivity contribution is 6.74. The van der Waals surface area contributed by atoms with Gasteiger partial charge >= 0.3 is 5.97 Å². The van der Waals surface area contributed by atoms with E-state index in [0.29, 0.717) is 24.6 Å². The minimum absolute atomic E-state index is 0.0748. The van der Waals surface area contributed by atoms with E-state index in [1.165, 1.54) is 0 Å². The van der Waals surface area contributed by atoms with Crippen LogP contribution >= 0.6 is 0 Å². The predicted octanol–water partition coefficient (Wildman–Crippen LogP) is 6.37. The van der Waals surface area contributed by atoms with Crippen LogP contribution in [0.25, 0.3) is 22.0 Å².